The summed E-state index contributed by atoms with van der Waals surface area (Å²) < 4.78 is 5.34. The van der Waals surface area contributed by atoms with Crippen molar-refractivity contribution in [2.45, 2.75) is 34.1 Å². The summed E-state index contributed by atoms with van der Waals surface area (Å²) in [6, 6.07) is 4.50. The highest BCUT2D eigenvalue weighted by molar-refractivity contribution is 5.90. The van der Waals surface area contributed by atoms with E-state index in [0.717, 1.165) is 5.57 Å². The number of rotatable bonds is 5. The van der Waals surface area contributed by atoms with Gasteiger partial charge < -0.3 is 9.84 Å². The van der Waals surface area contributed by atoms with Crippen LogP contribution in [0.2, 0.25) is 0 Å². The average molecular weight is 288 g/mol. The van der Waals surface area contributed by atoms with Gasteiger partial charge in [0.25, 0.3) is 0 Å². The van der Waals surface area contributed by atoms with Crippen molar-refractivity contribution in [2.24, 2.45) is 0 Å². The Kier molecular flexibility index (Phi) is 5.91. The van der Waals surface area contributed by atoms with Gasteiger partial charge in [-0.05, 0) is 57.9 Å². The highest BCUT2D eigenvalue weighted by Crippen LogP contribution is 2.23. The fourth-order valence-corrected chi connectivity index (χ4v) is 1.58. The summed E-state index contributed by atoms with van der Waals surface area (Å²) in [7, 11) is 0. The Morgan fingerprint density at radius 1 is 1.24 bits per heavy atom. The lowest BCUT2D eigenvalue weighted by Crippen LogP contribution is -2.11. The van der Waals surface area contributed by atoms with Gasteiger partial charge >= 0.3 is 11.9 Å². The number of carbonyl (C=O) groups is 2. The molecule has 0 heterocycles. The normalized spacial score (nSPS) is 11.0. The van der Waals surface area contributed by atoms with Crippen molar-refractivity contribution in [2.75, 3.05) is 0 Å². The summed E-state index contributed by atoms with van der Waals surface area (Å²) >= 11 is 0. The largest absolute Gasteiger partial charge is 0.478 e. The Labute approximate surface area is 124 Å². The molecule has 112 valence electrons. The van der Waals surface area contributed by atoms with Crippen LogP contribution in [-0.4, -0.2) is 17.0 Å². The van der Waals surface area contributed by atoms with Crippen LogP contribution >= 0.6 is 0 Å². The number of hydrogen-bond donors (Lipinski definition) is 1. The molecule has 4 heteroatoms. The molecule has 21 heavy (non-hydrogen) atoms. The van der Waals surface area contributed by atoms with E-state index in [1.165, 1.54) is 18.2 Å². The average Bonchev–Trinajstić information content (AvgIpc) is 2.44. The van der Waals surface area contributed by atoms with Crippen LogP contribution in [0.4, 0.5) is 0 Å². The molecule has 0 radical (unpaired) electrons. The maximum atomic E-state index is 11.8. The van der Waals surface area contributed by atoms with E-state index in [2.05, 4.69) is 0 Å². The van der Waals surface area contributed by atoms with Gasteiger partial charge in [-0.2, -0.15) is 0 Å². The summed E-state index contributed by atoms with van der Waals surface area (Å²) in [5.74, 6) is -1.04. The first-order valence-electron chi connectivity index (χ1n) is 6.69. The number of aromatic carboxylic acids is 1. The van der Waals surface area contributed by atoms with Crippen LogP contribution in [0.5, 0.6) is 5.75 Å². The highest BCUT2D eigenvalue weighted by atomic mass is 16.5. The molecule has 0 unspecified atom stereocenters. The van der Waals surface area contributed by atoms with E-state index in [1.807, 2.05) is 19.9 Å². The molecule has 1 rings (SSSR count). The Bertz CT molecular complexity index is 605. The molecular formula is C17H20O4. The second-order valence-electron chi connectivity index (χ2n) is 4.97. The topological polar surface area (TPSA) is 63.6 Å². The van der Waals surface area contributed by atoms with Crippen LogP contribution in [0, 0.1) is 0 Å². The third kappa shape index (κ3) is 4.91. The fraction of sp³-hybridized carbons (Fsp3) is 0.294. The van der Waals surface area contributed by atoms with Crippen LogP contribution in [0.25, 0.3) is 0 Å². The molecule has 0 aliphatic heterocycles. The number of carbonyl (C=O) groups excluding carboxylic acids is 1. The van der Waals surface area contributed by atoms with Crippen LogP contribution in [0.1, 0.15) is 43.6 Å². The SMILES string of the molecule is CC=C(C)C(=O)Oc1ccc(C(=O)O)cc1CC=C(C)C. The Morgan fingerprint density at radius 2 is 1.90 bits per heavy atom. The molecule has 0 bridgehead atoms. The molecule has 4 nitrogen and oxygen atoms in total. The van der Waals surface area contributed by atoms with E-state index in [9.17, 15) is 9.59 Å². The second kappa shape index (κ2) is 7.43. The van der Waals surface area contributed by atoms with E-state index >= 15 is 0 Å². The molecule has 1 N–H and O–H groups in total. The first kappa shape index (κ1) is 16.7. The molecule has 0 aromatic heterocycles. The molecule has 0 atom stereocenters. The van der Waals surface area contributed by atoms with Crippen molar-refractivity contribution in [3.05, 3.63) is 52.6 Å². The van der Waals surface area contributed by atoms with E-state index in [4.69, 9.17) is 9.84 Å². The van der Waals surface area contributed by atoms with E-state index in [-0.39, 0.29) is 5.56 Å². The Balaban J connectivity index is 3.14. The minimum absolute atomic E-state index is 0.176. The molecule has 0 spiro atoms. The van der Waals surface area contributed by atoms with Gasteiger partial charge in [0.1, 0.15) is 5.75 Å². The zero-order chi connectivity index (χ0) is 16.0. The van der Waals surface area contributed by atoms with Gasteiger partial charge in [0.15, 0.2) is 0 Å². The summed E-state index contributed by atoms with van der Waals surface area (Å²) in [6.45, 7) is 7.34. The van der Waals surface area contributed by atoms with Crippen LogP contribution < -0.4 is 4.74 Å². The second-order valence-corrected chi connectivity index (χ2v) is 4.97. The van der Waals surface area contributed by atoms with Crippen molar-refractivity contribution >= 4 is 11.9 Å². The molecule has 1 aromatic carbocycles. The third-order valence-corrected chi connectivity index (χ3v) is 3.00. The van der Waals surface area contributed by atoms with Crippen molar-refractivity contribution < 1.29 is 19.4 Å². The third-order valence-electron chi connectivity index (χ3n) is 3.00. The van der Waals surface area contributed by atoms with Crippen molar-refractivity contribution in [1.29, 1.82) is 0 Å². The number of benzene rings is 1. The Hall–Kier alpha value is -2.36. The van der Waals surface area contributed by atoms with E-state index < -0.39 is 11.9 Å². The summed E-state index contributed by atoms with van der Waals surface area (Å²) in [4.78, 5) is 22.9. The number of allylic oxidation sites excluding steroid dienone is 3. The monoisotopic (exact) mass is 288 g/mol. The molecule has 0 aliphatic rings. The molecule has 0 fully saturated rings. The minimum Gasteiger partial charge on any atom is -0.478 e. The lowest BCUT2D eigenvalue weighted by atomic mass is 10.1. The van der Waals surface area contributed by atoms with Gasteiger partial charge in [-0.1, -0.05) is 17.7 Å². The van der Waals surface area contributed by atoms with Crippen LogP contribution in [0.15, 0.2) is 41.5 Å². The number of hydrogen-bond acceptors (Lipinski definition) is 3. The smallest absolute Gasteiger partial charge is 0.338 e. The fourth-order valence-electron chi connectivity index (χ4n) is 1.58. The maximum absolute atomic E-state index is 11.8. The minimum atomic E-state index is -1.00. The predicted molar refractivity (Wildman–Crippen MR) is 81.6 cm³/mol. The number of carboxylic acid groups (broad SMARTS) is 1. The standard InChI is InChI=1S/C17H20O4/c1-5-12(4)17(20)21-15-9-8-14(16(18)19)10-13(15)7-6-11(2)3/h5-6,8-10H,7H2,1-4H3,(H,18,19). The van der Waals surface area contributed by atoms with Gasteiger partial charge in [0.05, 0.1) is 5.56 Å². The number of carboxylic acids is 1. The van der Waals surface area contributed by atoms with Gasteiger partial charge in [-0.15, -0.1) is 0 Å². The first-order valence-corrected chi connectivity index (χ1v) is 6.69. The van der Waals surface area contributed by atoms with Gasteiger partial charge in [-0.25, -0.2) is 9.59 Å². The molecule has 0 amide bonds. The first-order chi connectivity index (χ1) is 9.85. The van der Waals surface area contributed by atoms with Gasteiger partial charge in [0, 0.05) is 5.57 Å². The van der Waals surface area contributed by atoms with Crippen molar-refractivity contribution in [3.8, 4) is 5.75 Å². The van der Waals surface area contributed by atoms with Crippen LogP contribution in [-0.2, 0) is 11.2 Å². The zero-order valence-corrected chi connectivity index (χ0v) is 12.8. The molecule has 0 saturated carbocycles. The van der Waals surface area contributed by atoms with Gasteiger partial charge in [-0.3, -0.25) is 0 Å². The van der Waals surface area contributed by atoms with Crippen LogP contribution in [0.3, 0.4) is 0 Å². The van der Waals surface area contributed by atoms with E-state index in [1.54, 1.807) is 19.9 Å². The summed E-state index contributed by atoms with van der Waals surface area (Å²) in [6.07, 6.45) is 4.14. The molecular weight excluding hydrogens is 268 g/mol. The zero-order valence-electron chi connectivity index (χ0n) is 12.8. The van der Waals surface area contributed by atoms with Gasteiger partial charge in [0.2, 0.25) is 0 Å². The number of esters is 1. The van der Waals surface area contributed by atoms with Crippen molar-refractivity contribution in [1.82, 2.24) is 0 Å². The number of ether oxygens (including phenoxy) is 1. The lowest BCUT2D eigenvalue weighted by Gasteiger charge is -2.10. The molecule has 1 aromatic rings. The predicted octanol–water partition coefficient (Wildman–Crippen LogP) is 3.77. The molecule has 0 saturated heterocycles. The van der Waals surface area contributed by atoms with E-state index in [0.29, 0.717) is 23.3 Å². The summed E-state index contributed by atoms with van der Waals surface area (Å²) in [5, 5.41) is 9.05. The Morgan fingerprint density at radius 3 is 2.43 bits per heavy atom. The maximum Gasteiger partial charge on any atom is 0.338 e. The summed E-state index contributed by atoms with van der Waals surface area (Å²) in [5.41, 5.74) is 2.46. The molecule has 0 aliphatic carbocycles. The van der Waals surface area contributed by atoms with Crippen molar-refractivity contribution in [3.63, 3.8) is 0 Å². The highest BCUT2D eigenvalue weighted by Gasteiger charge is 2.13. The lowest BCUT2D eigenvalue weighted by molar-refractivity contribution is -0.130. The quantitative estimate of drug-likeness (QED) is 0.388.